The van der Waals surface area contributed by atoms with Gasteiger partial charge in [0.2, 0.25) is 5.91 Å². The molecule has 8 atom stereocenters. The van der Waals surface area contributed by atoms with Crippen molar-refractivity contribution < 1.29 is 44.9 Å². The highest BCUT2D eigenvalue weighted by Gasteiger charge is 2.44. The molecule has 0 saturated carbocycles. The quantitative estimate of drug-likeness (QED) is 0.0280. The van der Waals surface area contributed by atoms with Crippen LogP contribution in [0.5, 0.6) is 0 Å². The standard InChI is InChI=1S/C43H77NO9/c1-3-5-7-9-11-13-15-17-18-19-20-22-24-26-28-30-32-37(47)42(51)44-35(34-52-43-41(50)40(49)39(48)38(33-45)53-43)36(46)31-29-27-25-23-21-16-14-12-10-8-6-4-2/h11,13,17-18,21,23,29,31,35-41,43,45-50H,3-10,12,14-16,19-20,22,24-28,30,32-34H2,1-2H3,(H,44,51)/b13-11-,18-17-,23-21+,31-29+. The van der Waals surface area contributed by atoms with Gasteiger partial charge in [-0.25, -0.2) is 0 Å². The summed E-state index contributed by atoms with van der Waals surface area (Å²) in [4.78, 5) is 13.0. The SMILES string of the molecule is CCCCC/C=C\C/C=C\CCCCCCCCC(O)C(=O)NC(COC1OC(CO)C(O)C(O)C1O)C(O)/C=C/CC/C=C/CCCCCCCC. The minimum atomic E-state index is -1.62. The van der Waals surface area contributed by atoms with E-state index in [1.54, 1.807) is 6.08 Å². The molecule has 1 saturated heterocycles. The first-order valence-electron chi connectivity index (χ1n) is 21.0. The summed E-state index contributed by atoms with van der Waals surface area (Å²) in [6, 6.07) is -1.00. The molecule has 1 heterocycles. The first-order chi connectivity index (χ1) is 25.8. The highest BCUT2D eigenvalue weighted by molar-refractivity contribution is 5.80. The molecule has 53 heavy (non-hydrogen) atoms. The van der Waals surface area contributed by atoms with Crippen LogP contribution in [0.15, 0.2) is 48.6 Å². The van der Waals surface area contributed by atoms with Crippen molar-refractivity contribution in [3.63, 3.8) is 0 Å². The van der Waals surface area contributed by atoms with Crippen LogP contribution in [0.25, 0.3) is 0 Å². The molecule has 10 nitrogen and oxygen atoms in total. The molecule has 10 heteroatoms. The topological polar surface area (TPSA) is 169 Å². The van der Waals surface area contributed by atoms with E-state index in [0.717, 1.165) is 57.8 Å². The van der Waals surface area contributed by atoms with Crippen molar-refractivity contribution in [1.82, 2.24) is 5.32 Å². The Kier molecular flexibility index (Phi) is 31.0. The van der Waals surface area contributed by atoms with Crippen molar-refractivity contribution in [1.29, 1.82) is 0 Å². The molecular weight excluding hydrogens is 674 g/mol. The van der Waals surface area contributed by atoms with Crippen LogP contribution in [0, 0.1) is 0 Å². The van der Waals surface area contributed by atoms with Crippen LogP contribution in [0.4, 0.5) is 0 Å². The Morgan fingerprint density at radius 2 is 1.17 bits per heavy atom. The molecule has 308 valence electrons. The van der Waals surface area contributed by atoms with Crippen molar-refractivity contribution in [3.05, 3.63) is 48.6 Å². The van der Waals surface area contributed by atoms with Crippen molar-refractivity contribution >= 4 is 5.91 Å². The van der Waals surface area contributed by atoms with Gasteiger partial charge in [-0.3, -0.25) is 4.79 Å². The van der Waals surface area contributed by atoms with Gasteiger partial charge in [0.1, 0.15) is 30.5 Å². The molecule has 0 radical (unpaired) electrons. The second-order valence-electron chi connectivity index (χ2n) is 14.6. The lowest BCUT2D eigenvalue weighted by atomic mass is 9.99. The van der Waals surface area contributed by atoms with Crippen molar-refractivity contribution in [2.24, 2.45) is 0 Å². The lowest BCUT2D eigenvalue weighted by molar-refractivity contribution is -0.302. The lowest BCUT2D eigenvalue weighted by Gasteiger charge is -2.40. The molecule has 0 aromatic heterocycles. The Labute approximate surface area is 321 Å². The van der Waals surface area contributed by atoms with Crippen LogP contribution >= 0.6 is 0 Å². The number of allylic oxidation sites excluding steroid dienone is 7. The minimum Gasteiger partial charge on any atom is -0.394 e. The van der Waals surface area contributed by atoms with Gasteiger partial charge < -0.3 is 45.4 Å². The second kappa shape index (κ2) is 33.4. The van der Waals surface area contributed by atoms with E-state index < -0.39 is 61.5 Å². The molecule has 0 bridgehead atoms. The molecule has 1 aliphatic rings. The zero-order chi connectivity index (χ0) is 38.9. The number of unbranched alkanes of at least 4 members (excludes halogenated alkanes) is 16. The fourth-order valence-electron chi connectivity index (χ4n) is 6.21. The lowest BCUT2D eigenvalue weighted by Crippen LogP contribution is -2.60. The summed E-state index contributed by atoms with van der Waals surface area (Å²) < 4.78 is 11.1. The molecule has 1 amide bonds. The van der Waals surface area contributed by atoms with Crippen LogP contribution in [-0.4, -0.2) is 98.7 Å². The van der Waals surface area contributed by atoms with Crippen LogP contribution in [0.3, 0.4) is 0 Å². The normalized spacial score (nSPS) is 22.8. The Bertz CT molecular complexity index is 985. The van der Waals surface area contributed by atoms with Crippen LogP contribution in [0.2, 0.25) is 0 Å². The Balaban J connectivity index is 2.50. The van der Waals surface area contributed by atoms with E-state index in [2.05, 4.69) is 55.6 Å². The Morgan fingerprint density at radius 3 is 1.79 bits per heavy atom. The molecular formula is C43H77NO9. The number of hydrogen-bond donors (Lipinski definition) is 7. The largest absolute Gasteiger partial charge is 0.394 e. The van der Waals surface area contributed by atoms with Gasteiger partial charge in [-0.1, -0.05) is 140 Å². The van der Waals surface area contributed by atoms with Crippen molar-refractivity contribution in [3.8, 4) is 0 Å². The van der Waals surface area contributed by atoms with Gasteiger partial charge in [0.15, 0.2) is 6.29 Å². The monoisotopic (exact) mass is 752 g/mol. The van der Waals surface area contributed by atoms with Crippen molar-refractivity contribution in [2.45, 2.75) is 204 Å². The molecule has 0 aromatic carbocycles. The summed E-state index contributed by atoms with van der Waals surface area (Å²) in [7, 11) is 0. The van der Waals surface area contributed by atoms with E-state index in [4.69, 9.17) is 9.47 Å². The first-order valence-corrected chi connectivity index (χ1v) is 21.0. The average molecular weight is 752 g/mol. The smallest absolute Gasteiger partial charge is 0.249 e. The predicted molar refractivity (Wildman–Crippen MR) is 213 cm³/mol. The number of ether oxygens (including phenoxy) is 2. The Hall–Kier alpha value is -1.89. The number of amides is 1. The van der Waals surface area contributed by atoms with Crippen LogP contribution in [-0.2, 0) is 14.3 Å². The third-order valence-electron chi connectivity index (χ3n) is 9.73. The van der Waals surface area contributed by atoms with E-state index >= 15 is 0 Å². The second-order valence-corrected chi connectivity index (χ2v) is 14.6. The number of aliphatic hydroxyl groups excluding tert-OH is 6. The van der Waals surface area contributed by atoms with Gasteiger partial charge in [0.25, 0.3) is 0 Å². The van der Waals surface area contributed by atoms with Gasteiger partial charge in [0, 0.05) is 0 Å². The maximum Gasteiger partial charge on any atom is 0.249 e. The third kappa shape index (κ3) is 24.3. The first kappa shape index (κ1) is 49.1. The molecule has 1 fully saturated rings. The van der Waals surface area contributed by atoms with Crippen molar-refractivity contribution in [2.75, 3.05) is 13.2 Å². The van der Waals surface area contributed by atoms with E-state index in [0.29, 0.717) is 12.8 Å². The van der Waals surface area contributed by atoms with Gasteiger partial charge in [0.05, 0.1) is 25.4 Å². The van der Waals surface area contributed by atoms with Gasteiger partial charge >= 0.3 is 0 Å². The number of carbonyl (C=O) groups is 1. The van der Waals surface area contributed by atoms with E-state index in [9.17, 15) is 35.4 Å². The fourth-order valence-corrected chi connectivity index (χ4v) is 6.21. The van der Waals surface area contributed by atoms with E-state index in [-0.39, 0.29) is 13.0 Å². The molecule has 0 aromatic rings. The highest BCUT2D eigenvalue weighted by atomic mass is 16.7. The molecule has 0 spiro atoms. The maximum absolute atomic E-state index is 13.0. The van der Waals surface area contributed by atoms with E-state index in [1.807, 2.05) is 6.08 Å². The number of hydrogen-bond acceptors (Lipinski definition) is 9. The molecule has 8 unspecified atom stereocenters. The zero-order valence-electron chi connectivity index (χ0n) is 33.1. The fraction of sp³-hybridized carbons (Fsp3) is 0.791. The molecule has 7 N–H and O–H groups in total. The highest BCUT2D eigenvalue weighted by Crippen LogP contribution is 2.22. The number of rotatable bonds is 33. The van der Waals surface area contributed by atoms with E-state index in [1.165, 1.54) is 64.2 Å². The summed E-state index contributed by atoms with van der Waals surface area (Å²) in [5, 5.41) is 64.4. The third-order valence-corrected chi connectivity index (χ3v) is 9.73. The van der Waals surface area contributed by atoms with Crippen LogP contribution < -0.4 is 5.32 Å². The summed E-state index contributed by atoms with van der Waals surface area (Å²) in [5.74, 6) is -0.639. The zero-order valence-corrected chi connectivity index (χ0v) is 33.1. The number of nitrogens with one attached hydrogen (secondary N) is 1. The number of carbonyl (C=O) groups excluding carboxylic acids is 1. The summed E-state index contributed by atoms with van der Waals surface area (Å²) in [6.07, 6.45) is 30.5. The summed E-state index contributed by atoms with van der Waals surface area (Å²) in [5.41, 5.74) is 0. The predicted octanol–water partition coefficient (Wildman–Crippen LogP) is 6.86. The minimum absolute atomic E-state index is 0.290. The average Bonchev–Trinajstić information content (AvgIpc) is 3.16. The molecule has 0 aliphatic carbocycles. The van der Waals surface area contributed by atoms with Crippen LogP contribution in [0.1, 0.15) is 155 Å². The van der Waals surface area contributed by atoms with Gasteiger partial charge in [-0.05, 0) is 64.2 Å². The summed E-state index contributed by atoms with van der Waals surface area (Å²) in [6.45, 7) is 3.51. The van der Waals surface area contributed by atoms with Gasteiger partial charge in [-0.2, -0.15) is 0 Å². The maximum atomic E-state index is 13.0. The Morgan fingerprint density at radius 1 is 0.660 bits per heavy atom. The molecule has 1 rings (SSSR count). The molecule has 1 aliphatic heterocycles. The van der Waals surface area contributed by atoms with Gasteiger partial charge in [-0.15, -0.1) is 0 Å². The summed E-state index contributed by atoms with van der Waals surface area (Å²) >= 11 is 0. The number of aliphatic hydroxyl groups is 6.